The number of carboxylic acids is 1. The highest BCUT2D eigenvalue weighted by Gasteiger charge is 2.21. The Labute approximate surface area is 130 Å². The van der Waals surface area contributed by atoms with Gasteiger partial charge in [-0.1, -0.05) is 6.92 Å². The quantitative estimate of drug-likeness (QED) is 0.942. The summed E-state index contributed by atoms with van der Waals surface area (Å²) < 4.78 is 2.04. The molecule has 0 bridgehead atoms. The molecular formula is C17H23N3O2. The van der Waals surface area contributed by atoms with Crippen molar-refractivity contribution in [2.75, 3.05) is 13.1 Å². The molecule has 5 nitrogen and oxygen atoms in total. The molecule has 2 aromatic heterocycles. The highest BCUT2D eigenvalue weighted by atomic mass is 16.4. The molecule has 0 radical (unpaired) electrons. The van der Waals surface area contributed by atoms with E-state index in [1.165, 1.54) is 12.8 Å². The third kappa shape index (κ3) is 3.14. The van der Waals surface area contributed by atoms with Crippen LogP contribution in [0.25, 0.3) is 5.65 Å². The minimum absolute atomic E-state index is 0.0136. The lowest BCUT2D eigenvalue weighted by molar-refractivity contribution is -0.136. The van der Waals surface area contributed by atoms with Crippen LogP contribution in [-0.4, -0.2) is 38.4 Å². The van der Waals surface area contributed by atoms with Gasteiger partial charge in [-0.25, -0.2) is 4.98 Å². The number of likely N-dealkylation sites (tertiary alicyclic amines) is 1. The monoisotopic (exact) mass is 301 g/mol. The molecular weight excluding hydrogens is 278 g/mol. The Morgan fingerprint density at radius 3 is 2.82 bits per heavy atom. The maximum atomic E-state index is 11.1. The number of carbonyl (C=O) groups is 1. The Bertz CT molecular complexity index is 685. The minimum atomic E-state index is -0.825. The van der Waals surface area contributed by atoms with Gasteiger partial charge < -0.3 is 9.51 Å². The van der Waals surface area contributed by atoms with E-state index in [0.29, 0.717) is 5.69 Å². The highest BCUT2D eigenvalue weighted by Crippen LogP contribution is 2.21. The highest BCUT2D eigenvalue weighted by molar-refractivity contribution is 5.70. The van der Waals surface area contributed by atoms with Crippen LogP contribution in [0, 0.1) is 12.8 Å². The second-order valence-electron chi connectivity index (χ2n) is 6.47. The van der Waals surface area contributed by atoms with Gasteiger partial charge in [0, 0.05) is 12.7 Å². The van der Waals surface area contributed by atoms with E-state index in [4.69, 9.17) is 5.11 Å². The molecule has 22 heavy (non-hydrogen) atoms. The molecule has 0 spiro atoms. The number of imidazole rings is 1. The fourth-order valence-electron chi connectivity index (χ4n) is 3.13. The minimum Gasteiger partial charge on any atom is -0.481 e. The van der Waals surface area contributed by atoms with Gasteiger partial charge in [0.05, 0.1) is 17.8 Å². The zero-order valence-corrected chi connectivity index (χ0v) is 13.2. The molecule has 5 heteroatoms. The Kier molecular flexibility index (Phi) is 4.16. The second-order valence-corrected chi connectivity index (χ2v) is 6.47. The number of rotatable bonds is 4. The number of pyridine rings is 1. The van der Waals surface area contributed by atoms with E-state index >= 15 is 0 Å². The number of aromatic nitrogens is 2. The molecule has 3 heterocycles. The van der Waals surface area contributed by atoms with Crippen molar-refractivity contribution < 1.29 is 9.90 Å². The maximum absolute atomic E-state index is 11.1. The van der Waals surface area contributed by atoms with Gasteiger partial charge in [0.25, 0.3) is 0 Å². The Balaban J connectivity index is 1.92. The molecule has 2 aromatic rings. The van der Waals surface area contributed by atoms with Crippen molar-refractivity contribution in [2.24, 2.45) is 5.92 Å². The SMILES string of the molecule is Cc1ccn2c(CN3CCC(C)CC3)c(CC(=O)O)nc2c1. The van der Waals surface area contributed by atoms with Crippen LogP contribution in [0.4, 0.5) is 0 Å². The van der Waals surface area contributed by atoms with Crippen LogP contribution in [0.15, 0.2) is 18.3 Å². The summed E-state index contributed by atoms with van der Waals surface area (Å²) in [7, 11) is 0. The first-order valence-corrected chi connectivity index (χ1v) is 7.93. The van der Waals surface area contributed by atoms with Gasteiger partial charge in [-0.3, -0.25) is 9.69 Å². The van der Waals surface area contributed by atoms with Crippen LogP contribution in [-0.2, 0) is 17.8 Å². The largest absolute Gasteiger partial charge is 0.481 e. The van der Waals surface area contributed by atoms with Gasteiger partial charge in [0.2, 0.25) is 0 Å². The molecule has 0 atom stereocenters. The Hall–Kier alpha value is -1.88. The van der Waals surface area contributed by atoms with Crippen LogP contribution >= 0.6 is 0 Å². The van der Waals surface area contributed by atoms with Gasteiger partial charge in [-0.15, -0.1) is 0 Å². The first kappa shape index (κ1) is 15.0. The fourth-order valence-corrected chi connectivity index (χ4v) is 3.13. The maximum Gasteiger partial charge on any atom is 0.309 e. The van der Waals surface area contributed by atoms with Crippen LogP contribution in [0.2, 0.25) is 0 Å². The van der Waals surface area contributed by atoms with Crippen molar-refractivity contribution in [2.45, 2.75) is 39.7 Å². The lowest BCUT2D eigenvalue weighted by Gasteiger charge is -2.30. The molecule has 1 aliphatic rings. The summed E-state index contributed by atoms with van der Waals surface area (Å²) in [6.07, 6.45) is 4.42. The Morgan fingerprint density at radius 2 is 2.14 bits per heavy atom. The van der Waals surface area contributed by atoms with E-state index in [0.717, 1.165) is 42.5 Å². The van der Waals surface area contributed by atoms with Gasteiger partial charge in [-0.2, -0.15) is 0 Å². The topological polar surface area (TPSA) is 57.8 Å². The molecule has 0 amide bonds. The lowest BCUT2D eigenvalue weighted by atomic mass is 9.99. The number of nitrogens with zero attached hydrogens (tertiary/aromatic N) is 3. The molecule has 1 aliphatic heterocycles. The first-order valence-electron chi connectivity index (χ1n) is 7.93. The third-order valence-corrected chi connectivity index (χ3v) is 4.53. The number of hydrogen-bond donors (Lipinski definition) is 1. The number of aliphatic carboxylic acids is 1. The number of hydrogen-bond acceptors (Lipinski definition) is 3. The zero-order valence-electron chi connectivity index (χ0n) is 13.2. The average Bonchev–Trinajstić information content (AvgIpc) is 2.77. The molecule has 0 aliphatic carbocycles. The summed E-state index contributed by atoms with van der Waals surface area (Å²) in [6.45, 7) is 7.25. The van der Waals surface area contributed by atoms with Crippen LogP contribution in [0.3, 0.4) is 0 Å². The van der Waals surface area contributed by atoms with E-state index in [1.807, 2.05) is 29.7 Å². The normalized spacial score (nSPS) is 17.2. The number of piperidine rings is 1. The second kappa shape index (κ2) is 6.08. The predicted octanol–water partition coefficient (Wildman–Crippen LogP) is 2.50. The van der Waals surface area contributed by atoms with Crippen molar-refractivity contribution in [3.8, 4) is 0 Å². The van der Waals surface area contributed by atoms with E-state index in [2.05, 4.69) is 16.8 Å². The number of aryl methyl sites for hydroxylation is 1. The van der Waals surface area contributed by atoms with Crippen molar-refractivity contribution >= 4 is 11.6 Å². The van der Waals surface area contributed by atoms with Gasteiger partial charge in [-0.05, 0) is 56.5 Å². The first-order chi connectivity index (χ1) is 10.5. The summed E-state index contributed by atoms with van der Waals surface area (Å²) in [5, 5.41) is 9.15. The van der Waals surface area contributed by atoms with E-state index < -0.39 is 5.97 Å². The lowest BCUT2D eigenvalue weighted by Crippen LogP contribution is -2.33. The summed E-state index contributed by atoms with van der Waals surface area (Å²) in [5.74, 6) is -0.0341. The van der Waals surface area contributed by atoms with Crippen LogP contribution in [0.5, 0.6) is 0 Å². The predicted molar refractivity (Wildman–Crippen MR) is 84.9 cm³/mol. The van der Waals surface area contributed by atoms with Crippen LogP contribution < -0.4 is 0 Å². The summed E-state index contributed by atoms with van der Waals surface area (Å²) in [4.78, 5) is 18.1. The summed E-state index contributed by atoms with van der Waals surface area (Å²) >= 11 is 0. The van der Waals surface area contributed by atoms with Gasteiger partial charge in [0.1, 0.15) is 5.65 Å². The zero-order chi connectivity index (χ0) is 15.7. The van der Waals surface area contributed by atoms with Gasteiger partial charge >= 0.3 is 5.97 Å². The molecule has 1 saturated heterocycles. The molecule has 1 N–H and O–H groups in total. The van der Waals surface area contributed by atoms with Gasteiger partial charge in [0.15, 0.2) is 0 Å². The number of carboxylic acid groups (broad SMARTS) is 1. The molecule has 0 aromatic carbocycles. The van der Waals surface area contributed by atoms with Crippen molar-refractivity contribution in [1.82, 2.24) is 14.3 Å². The van der Waals surface area contributed by atoms with Crippen molar-refractivity contribution in [3.05, 3.63) is 35.3 Å². The molecule has 1 fully saturated rings. The standard InChI is InChI=1S/C17H23N3O2/c1-12-3-6-19(7-4-12)11-15-14(10-17(21)22)18-16-9-13(2)5-8-20(15)16/h5,8-9,12H,3-4,6-7,10-11H2,1-2H3,(H,21,22). The molecule has 3 rings (SSSR count). The molecule has 0 unspecified atom stereocenters. The molecule has 118 valence electrons. The number of fused-ring (bicyclic) bond motifs is 1. The summed E-state index contributed by atoms with van der Waals surface area (Å²) in [5.41, 5.74) is 3.69. The summed E-state index contributed by atoms with van der Waals surface area (Å²) in [6, 6.07) is 4.05. The van der Waals surface area contributed by atoms with E-state index in [1.54, 1.807) is 0 Å². The molecule has 0 saturated carbocycles. The third-order valence-electron chi connectivity index (χ3n) is 4.53. The van der Waals surface area contributed by atoms with Crippen molar-refractivity contribution in [3.63, 3.8) is 0 Å². The van der Waals surface area contributed by atoms with E-state index in [-0.39, 0.29) is 6.42 Å². The fraction of sp³-hybridized carbons (Fsp3) is 0.529. The Morgan fingerprint density at radius 1 is 1.41 bits per heavy atom. The average molecular weight is 301 g/mol. The van der Waals surface area contributed by atoms with Crippen LogP contribution in [0.1, 0.15) is 36.7 Å². The van der Waals surface area contributed by atoms with Crippen molar-refractivity contribution in [1.29, 1.82) is 0 Å². The van der Waals surface area contributed by atoms with E-state index in [9.17, 15) is 4.79 Å². The smallest absolute Gasteiger partial charge is 0.309 e.